The highest BCUT2D eigenvalue weighted by molar-refractivity contribution is 5.87. The van der Waals surface area contributed by atoms with E-state index in [1.54, 1.807) is 14.2 Å². The van der Waals surface area contributed by atoms with Crippen molar-refractivity contribution in [1.82, 2.24) is 0 Å². The van der Waals surface area contributed by atoms with Crippen molar-refractivity contribution in [3.63, 3.8) is 0 Å². The zero-order valence-corrected chi connectivity index (χ0v) is 17.2. The Hall–Kier alpha value is -1.56. The predicted molar refractivity (Wildman–Crippen MR) is 96.1 cm³/mol. The van der Waals surface area contributed by atoms with Gasteiger partial charge in [0.15, 0.2) is 24.3 Å². The van der Waals surface area contributed by atoms with Crippen molar-refractivity contribution in [3.05, 3.63) is 58.1 Å². The summed E-state index contributed by atoms with van der Waals surface area (Å²) in [5.41, 5.74) is 6.97. The molecule has 3 nitrogen and oxygen atoms in total. The fourth-order valence-electron chi connectivity index (χ4n) is 4.24. The Kier molecular flexibility index (Phi) is 5.37. The lowest BCUT2D eigenvalue weighted by molar-refractivity contribution is -0.522. The summed E-state index contributed by atoms with van der Waals surface area (Å²) in [5, 5.41) is 0. The van der Waals surface area contributed by atoms with E-state index in [0.29, 0.717) is 5.92 Å². The van der Waals surface area contributed by atoms with E-state index in [-0.39, 0.29) is 24.0 Å². The molecule has 1 aliphatic carbocycles. The molecule has 0 radical (unpaired) electrons. The van der Waals surface area contributed by atoms with E-state index in [1.807, 2.05) is 0 Å². The van der Waals surface area contributed by atoms with Crippen LogP contribution in [0.5, 0.6) is 11.5 Å². The Morgan fingerprint density at radius 3 is 2.56 bits per heavy atom. The number of methoxy groups -OCH3 is 2. The zero-order valence-electron chi connectivity index (χ0n) is 15.0. The summed E-state index contributed by atoms with van der Waals surface area (Å²) in [5.74, 6) is 2.10. The van der Waals surface area contributed by atoms with Crippen LogP contribution in [0.1, 0.15) is 40.7 Å². The fourth-order valence-corrected chi connectivity index (χ4v) is 4.24. The minimum Gasteiger partial charge on any atom is -1.00 e. The minimum absolute atomic E-state index is 0. The molecule has 1 aliphatic heterocycles. The van der Waals surface area contributed by atoms with Gasteiger partial charge in [-0.3, -0.25) is 0 Å². The molecule has 0 spiro atoms. The molecule has 1 unspecified atom stereocenters. The van der Waals surface area contributed by atoms with Crippen LogP contribution in [0.4, 0.5) is 0 Å². The summed E-state index contributed by atoms with van der Waals surface area (Å²) in [6.07, 6.45) is 4.39. The van der Waals surface area contributed by atoms with Crippen LogP contribution in [0.15, 0.2) is 30.3 Å². The standard InChI is InChI=1S/C21H24NO2.HI/c1-4-22-12-17-16-8-6-5-7-14(16)9-10-15-11-19(23-2)21(24-3)18(13-22)20(15)17;/h5-8,11,13,17H,4,9-10,12H2,1-3H3;1H/q+1;/p-1. The van der Waals surface area contributed by atoms with Crippen molar-refractivity contribution in [1.29, 1.82) is 0 Å². The van der Waals surface area contributed by atoms with Gasteiger partial charge in [0.2, 0.25) is 0 Å². The molecule has 0 fully saturated rings. The Balaban J connectivity index is 0.00000182. The number of hydrogen-bond acceptors (Lipinski definition) is 2. The number of ether oxygens (including phenoxy) is 2. The van der Waals surface area contributed by atoms with Gasteiger partial charge in [-0.15, -0.1) is 0 Å². The van der Waals surface area contributed by atoms with E-state index in [2.05, 4.69) is 48.0 Å². The number of benzene rings is 2. The highest BCUT2D eigenvalue weighted by Gasteiger charge is 2.35. The van der Waals surface area contributed by atoms with Crippen molar-refractivity contribution in [2.24, 2.45) is 0 Å². The molecular weight excluding hydrogens is 425 g/mol. The third-order valence-corrected chi connectivity index (χ3v) is 5.41. The molecule has 2 aromatic rings. The van der Waals surface area contributed by atoms with E-state index in [9.17, 15) is 0 Å². The lowest BCUT2D eigenvalue weighted by atomic mass is 9.82. The molecule has 0 N–H and O–H groups in total. The number of halogens is 1. The maximum absolute atomic E-state index is 5.75. The van der Waals surface area contributed by atoms with E-state index < -0.39 is 0 Å². The number of rotatable bonds is 3. The van der Waals surface area contributed by atoms with Gasteiger partial charge >= 0.3 is 0 Å². The van der Waals surface area contributed by atoms with Gasteiger partial charge in [0.05, 0.1) is 25.7 Å². The summed E-state index contributed by atoms with van der Waals surface area (Å²) >= 11 is 0. The fraction of sp³-hybridized carbons (Fsp3) is 0.381. The van der Waals surface area contributed by atoms with E-state index >= 15 is 0 Å². The first-order valence-electron chi connectivity index (χ1n) is 8.71. The third-order valence-electron chi connectivity index (χ3n) is 5.41. The monoisotopic (exact) mass is 449 g/mol. The Bertz CT molecular complexity index is 829. The summed E-state index contributed by atoms with van der Waals surface area (Å²) in [4.78, 5) is 0. The van der Waals surface area contributed by atoms with Gasteiger partial charge in [0.1, 0.15) is 6.54 Å². The maximum Gasteiger partial charge on any atom is 0.174 e. The number of likely N-dealkylation sites (N-methyl/N-ethyl adjacent to an activating group) is 1. The van der Waals surface area contributed by atoms with Gasteiger partial charge in [0, 0.05) is 0 Å². The summed E-state index contributed by atoms with van der Waals surface area (Å²) in [7, 11) is 3.46. The average Bonchev–Trinajstić information content (AvgIpc) is 2.79. The van der Waals surface area contributed by atoms with Crippen LogP contribution >= 0.6 is 0 Å². The first-order chi connectivity index (χ1) is 11.8. The van der Waals surface area contributed by atoms with Crippen LogP contribution in [-0.2, 0) is 12.8 Å². The second-order valence-corrected chi connectivity index (χ2v) is 6.57. The van der Waals surface area contributed by atoms with Gasteiger partial charge < -0.3 is 33.5 Å². The number of nitrogens with zero attached hydrogens (tertiary/aromatic N) is 1. The molecule has 4 heteroatoms. The topological polar surface area (TPSA) is 21.5 Å². The van der Waals surface area contributed by atoms with Crippen LogP contribution in [0.2, 0.25) is 0 Å². The van der Waals surface area contributed by atoms with E-state index in [4.69, 9.17) is 9.47 Å². The number of fused-ring (bicyclic) bond motifs is 2. The normalized spacial score (nSPS) is 17.4. The largest absolute Gasteiger partial charge is 1.00 e. The molecule has 2 aliphatic rings. The molecule has 2 aromatic carbocycles. The van der Waals surface area contributed by atoms with Crippen LogP contribution in [0.3, 0.4) is 0 Å². The molecule has 25 heavy (non-hydrogen) atoms. The van der Waals surface area contributed by atoms with Gasteiger partial charge in [-0.2, -0.15) is 0 Å². The Morgan fingerprint density at radius 1 is 1.08 bits per heavy atom. The summed E-state index contributed by atoms with van der Waals surface area (Å²) < 4.78 is 13.8. The number of aryl methyl sites for hydroxylation is 2. The molecule has 0 saturated carbocycles. The molecule has 1 atom stereocenters. The van der Waals surface area contributed by atoms with Crippen molar-refractivity contribution in [2.75, 3.05) is 27.3 Å². The van der Waals surface area contributed by atoms with Crippen LogP contribution in [0.25, 0.3) is 0 Å². The van der Waals surface area contributed by atoms with Crippen molar-refractivity contribution in [2.45, 2.75) is 25.7 Å². The van der Waals surface area contributed by atoms with Gasteiger partial charge in [-0.05, 0) is 48.1 Å². The smallest absolute Gasteiger partial charge is 0.174 e. The van der Waals surface area contributed by atoms with Gasteiger partial charge in [-0.25, -0.2) is 4.58 Å². The minimum atomic E-state index is 0. The Morgan fingerprint density at radius 2 is 1.84 bits per heavy atom. The first-order valence-corrected chi connectivity index (χ1v) is 8.71. The highest BCUT2D eigenvalue weighted by Crippen LogP contribution is 2.44. The molecule has 0 aromatic heterocycles. The second-order valence-electron chi connectivity index (χ2n) is 6.57. The van der Waals surface area contributed by atoms with Crippen molar-refractivity contribution < 1.29 is 38.0 Å². The molecule has 132 valence electrons. The predicted octanol–water partition coefficient (Wildman–Crippen LogP) is 0.403. The van der Waals surface area contributed by atoms with E-state index in [0.717, 1.165) is 37.4 Å². The van der Waals surface area contributed by atoms with Crippen molar-refractivity contribution >= 4 is 6.21 Å². The van der Waals surface area contributed by atoms with Crippen LogP contribution < -0.4 is 33.5 Å². The molecule has 0 bridgehead atoms. The lowest BCUT2D eigenvalue weighted by Gasteiger charge is -2.26. The molecule has 1 heterocycles. The molecular formula is C21H24INO2. The third kappa shape index (κ3) is 2.94. The molecule has 4 rings (SSSR count). The number of hydrogen-bond donors (Lipinski definition) is 0. The molecule has 0 amide bonds. The summed E-state index contributed by atoms with van der Waals surface area (Å²) in [6, 6.07) is 11.1. The van der Waals surface area contributed by atoms with Crippen molar-refractivity contribution in [3.8, 4) is 11.5 Å². The maximum atomic E-state index is 5.75. The zero-order chi connectivity index (χ0) is 16.7. The lowest BCUT2D eigenvalue weighted by Crippen LogP contribution is -3.00. The van der Waals surface area contributed by atoms with Gasteiger partial charge in [-0.1, -0.05) is 24.3 Å². The average molecular weight is 449 g/mol. The Labute approximate surface area is 166 Å². The quantitative estimate of drug-likeness (QED) is 0.500. The highest BCUT2D eigenvalue weighted by atomic mass is 127. The second kappa shape index (κ2) is 7.36. The first kappa shape index (κ1) is 18.2. The summed E-state index contributed by atoms with van der Waals surface area (Å²) in [6.45, 7) is 4.23. The van der Waals surface area contributed by atoms with Gasteiger partial charge in [0.25, 0.3) is 0 Å². The van der Waals surface area contributed by atoms with E-state index in [1.165, 1.54) is 27.8 Å². The molecule has 0 saturated heterocycles. The van der Waals surface area contributed by atoms with Crippen LogP contribution in [-0.4, -0.2) is 38.1 Å². The van der Waals surface area contributed by atoms with Crippen LogP contribution in [0, 0.1) is 0 Å². The SMILES string of the molecule is CC[N+]1=Cc2c(OC)c(OC)cc3c2C(C1)c1ccccc1CC3.[I-].